The number of halogens is 3. The zero-order valence-electron chi connectivity index (χ0n) is 17.4. The predicted octanol–water partition coefficient (Wildman–Crippen LogP) is 4.43. The fourth-order valence-corrected chi connectivity index (χ4v) is 4.03. The largest absolute Gasteiger partial charge is 0.494 e. The quantitative estimate of drug-likeness (QED) is 0.603. The first kappa shape index (κ1) is 22.1. The van der Waals surface area contributed by atoms with Crippen LogP contribution in [0.2, 0.25) is 0 Å². The number of ether oxygens (including phenoxy) is 1. The Kier molecular flexibility index (Phi) is 6.05. The van der Waals surface area contributed by atoms with E-state index in [1.165, 1.54) is 7.11 Å². The molecule has 7 nitrogen and oxygen atoms in total. The van der Waals surface area contributed by atoms with Crippen molar-refractivity contribution in [2.45, 2.75) is 37.9 Å². The third-order valence-corrected chi connectivity index (χ3v) is 5.87. The first-order valence-corrected chi connectivity index (χ1v) is 10.3. The second kappa shape index (κ2) is 8.78. The standard InChI is InChI=1S/C22H23F3N4O3/c1-32-20-8-18-15(11-29(28-18)17-4-2-13(12-30)3-5-17)7-19(20)27-21(31)14-6-16(10-26-9-14)22(23,24)25/h6-11,13,17,30H,2-5,12H2,1H3,(H,27,31). The van der Waals surface area contributed by atoms with Gasteiger partial charge >= 0.3 is 6.18 Å². The molecule has 2 N–H and O–H groups in total. The Hall–Kier alpha value is -3.14. The molecule has 0 unspecified atom stereocenters. The van der Waals surface area contributed by atoms with Crippen molar-refractivity contribution in [3.05, 3.63) is 47.9 Å². The fraction of sp³-hybridized carbons (Fsp3) is 0.409. The van der Waals surface area contributed by atoms with Gasteiger partial charge in [-0.2, -0.15) is 18.3 Å². The Labute approximate surface area is 182 Å². The highest BCUT2D eigenvalue weighted by molar-refractivity contribution is 6.06. The number of methoxy groups -OCH3 is 1. The minimum Gasteiger partial charge on any atom is -0.494 e. The molecule has 0 radical (unpaired) electrons. The molecule has 0 atom stereocenters. The molecule has 2 aromatic heterocycles. The number of carbonyl (C=O) groups excluding carboxylic acids is 1. The molecule has 0 spiro atoms. The first-order valence-electron chi connectivity index (χ1n) is 10.3. The van der Waals surface area contributed by atoms with Gasteiger partial charge in [0.25, 0.3) is 5.91 Å². The summed E-state index contributed by atoms with van der Waals surface area (Å²) in [7, 11) is 1.44. The summed E-state index contributed by atoms with van der Waals surface area (Å²) in [5.74, 6) is -0.0422. The number of hydrogen-bond donors (Lipinski definition) is 2. The molecule has 1 saturated carbocycles. The lowest BCUT2D eigenvalue weighted by Crippen LogP contribution is -2.20. The second-order valence-electron chi connectivity index (χ2n) is 7.99. The number of nitrogens with one attached hydrogen (secondary N) is 1. The highest BCUT2D eigenvalue weighted by atomic mass is 19.4. The molecule has 1 fully saturated rings. The maximum absolute atomic E-state index is 12.9. The topological polar surface area (TPSA) is 89.3 Å². The van der Waals surface area contributed by atoms with E-state index in [1.807, 2.05) is 10.9 Å². The fourth-order valence-electron chi connectivity index (χ4n) is 4.03. The van der Waals surface area contributed by atoms with Crippen LogP contribution in [0.15, 0.2) is 36.8 Å². The maximum Gasteiger partial charge on any atom is 0.417 e. The summed E-state index contributed by atoms with van der Waals surface area (Å²) in [4.78, 5) is 16.1. The van der Waals surface area contributed by atoms with Gasteiger partial charge in [0.15, 0.2) is 0 Å². The minimum atomic E-state index is -4.59. The van der Waals surface area contributed by atoms with Crippen molar-refractivity contribution in [2.75, 3.05) is 19.0 Å². The number of fused-ring (bicyclic) bond motifs is 1. The van der Waals surface area contributed by atoms with Crippen LogP contribution in [0.4, 0.5) is 18.9 Å². The molecule has 3 aromatic rings. The highest BCUT2D eigenvalue weighted by Gasteiger charge is 2.31. The van der Waals surface area contributed by atoms with Crippen LogP contribution in [0.3, 0.4) is 0 Å². The van der Waals surface area contributed by atoms with Crippen LogP contribution in [-0.2, 0) is 6.18 Å². The van der Waals surface area contributed by atoms with Gasteiger partial charge in [-0.05, 0) is 43.7 Å². The molecule has 10 heteroatoms. The third kappa shape index (κ3) is 4.55. The first-order chi connectivity index (χ1) is 15.3. The zero-order chi connectivity index (χ0) is 22.9. The van der Waals surface area contributed by atoms with Crippen LogP contribution in [-0.4, -0.2) is 39.5 Å². The molecular formula is C22H23F3N4O3. The van der Waals surface area contributed by atoms with Crippen LogP contribution < -0.4 is 10.1 Å². The van der Waals surface area contributed by atoms with Gasteiger partial charge in [-0.25, -0.2) is 0 Å². The van der Waals surface area contributed by atoms with Crippen LogP contribution in [0, 0.1) is 5.92 Å². The molecule has 1 amide bonds. The summed E-state index contributed by atoms with van der Waals surface area (Å²) in [5.41, 5.74) is -0.195. The number of rotatable bonds is 5. The average molecular weight is 448 g/mol. The molecular weight excluding hydrogens is 425 g/mol. The molecule has 4 rings (SSSR count). The van der Waals surface area contributed by atoms with Crippen molar-refractivity contribution in [1.82, 2.24) is 14.8 Å². The van der Waals surface area contributed by atoms with Gasteiger partial charge in [-0.1, -0.05) is 0 Å². The molecule has 1 aliphatic carbocycles. The molecule has 0 bridgehead atoms. The number of anilines is 1. The summed E-state index contributed by atoms with van der Waals surface area (Å²) in [6.07, 6.45) is 2.76. The summed E-state index contributed by atoms with van der Waals surface area (Å²) in [5, 5.41) is 17.4. The lowest BCUT2D eigenvalue weighted by Gasteiger charge is -2.27. The summed E-state index contributed by atoms with van der Waals surface area (Å²) in [6.45, 7) is 0.204. The number of pyridine rings is 1. The summed E-state index contributed by atoms with van der Waals surface area (Å²) < 4.78 is 46.1. The van der Waals surface area contributed by atoms with Crippen molar-refractivity contribution in [3.63, 3.8) is 0 Å². The van der Waals surface area contributed by atoms with E-state index in [2.05, 4.69) is 15.4 Å². The number of aromatic nitrogens is 3. The SMILES string of the molecule is COc1cc2nn(C3CCC(CO)CC3)cc2cc1NC(=O)c1cncc(C(F)(F)F)c1. The number of hydrogen-bond acceptors (Lipinski definition) is 5. The third-order valence-electron chi connectivity index (χ3n) is 5.87. The Balaban J connectivity index is 1.58. The molecule has 0 aliphatic heterocycles. The smallest absolute Gasteiger partial charge is 0.417 e. The van der Waals surface area contributed by atoms with Crippen LogP contribution in [0.5, 0.6) is 5.75 Å². The molecule has 32 heavy (non-hydrogen) atoms. The Morgan fingerprint density at radius 3 is 2.62 bits per heavy atom. The number of carbonyl (C=O) groups is 1. The number of aliphatic hydroxyl groups excluding tert-OH is 1. The zero-order valence-corrected chi connectivity index (χ0v) is 17.4. The predicted molar refractivity (Wildman–Crippen MR) is 112 cm³/mol. The van der Waals surface area contributed by atoms with E-state index in [-0.39, 0.29) is 18.2 Å². The number of alkyl halides is 3. The van der Waals surface area contributed by atoms with Gasteiger partial charge in [0.1, 0.15) is 5.75 Å². The number of aliphatic hydroxyl groups is 1. The molecule has 0 saturated heterocycles. The van der Waals surface area contributed by atoms with E-state index in [0.717, 1.165) is 43.3 Å². The van der Waals surface area contributed by atoms with Crippen LogP contribution in [0.1, 0.15) is 47.6 Å². The summed E-state index contributed by atoms with van der Waals surface area (Å²) in [6, 6.07) is 4.36. The molecule has 1 aromatic carbocycles. The van der Waals surface area contributed by atoms with Gasteiger partial charge in [0.05, 0.1) is 35.5 Å². The van der Waals surface area contributed by atoms with E-state index in [0.29, 0.717) is 29.1 Å². The number of benzene rings is 1. The Bertz CT molecular complexity index is 1120. The van der Waals surface area contributed by atoms with E-state index < -0.39 is 17.6 Å². The van der Waals surface area contributed by atoms with Gasteiger partial charge in [0, 0.05) is 36.7 Å². The molecule has 2 heterocycles. The Morgan fingerprint density at radius 1 is 1.22 bits per heavy atom. The van der Waals surface area contributed by atoms with Crippen LogP contribution in [0.25, 0.3) is 10.9 Å². The minimum absolute atomic E-state index is 0.204. The lowest BCUT2D eigenvalue weighted by molar-refractivity contribution is -0.137. The second-order valence-corrected chi connectivity index (χ2v) is 7.99. The van der Waals surface area contributed by atoms with Crippen molar-refractivity contribution >= 4 is 22.5 Å². The van der Waals surface area contributed by atoms with Crippen molar-refractivity contribution in [2.24, 2.45) is 5.92 Å². The van der Waals surface area contributed by atoms with Crippen molar-refractivity contribution < 1.29 is 27.8 Å². The van der Waals surface area contributed by atoms with E-state index in [4.69, 9.17) is 4.74 Å². The van der Waals surface area contributed by atoms with Gasteiger partial charge in [-0.3, -0.25) is 14.5 Å². The molecule has 170 valence electrons. The van der Waals surface area contributed by atoms with E-state index >= 15 is 0 Å². The maximum atomic E-state index is 12.9. The monoisotopic (exact) mass is 448 g/mol. The van der Waals surface area contributed by atoms with Crippen LogP contribution >= 0.6 is 0 Å². The molecule has 1 aliphatic rings. The average Bonchev–Trinajstić information content (AvgIpc) is 3.21. The van der Waals surface area contributed by atoms with Gasteiger partial charge < -0.3 is 15.2 Å². The van der Waals surface area contributed by atoms with Gasteiger partial charge in [-0.15, -0.1) is 0 Å². The lowest BCUT2D eigenvalue weighted by atomic mass is 9.87. The number of amides is 1. The Morgan fingerprint density at radius 2 is 1.97 bits per heavy atom. The van der Waals surface area contributed by atoms with E-state index in [1.54, 1.807) is 12.1 Å². The van der Waals surface area contributed by atoms with Gasteiger partial charge in [0.2, 0.25) is 0 Å². The summed E-state index contributed by atoms with van der Waals surface area (Å²) >= 11 is 0. The van der Waals surface area contributed by atoms with Crippen molar-refractivity contribution in [1.29, 1.82) is 0 Å². The highest BCUT2D eigenvalue weighted by Crippen LogP contribution is 2.35. The normalized spacial score (nSPS) is 19.2. The van der Waals surface area contributed by atoms with Crippen molar-refractivity contribution in [3.8, 4) is 5.75 Å². The van der Waals surface area contributed by atoms with E-state index in [9.17, 15) is 23.1 Å². The number of nitrogens with zero attached hydrogens (tertiary/aromatic N) is 3.